The molecule has 1 heterocycles. The lowest BCUT2D eigenvalue weighted by Crippen LogP contribution is -2.37. The summed E-state index contributed by atoms with van der Waals surface area (Å²) in [5, 5.41) is 7.73. The van der Waals surface area contributed by atoms with Gasteiger partial charge in [0.05, 0.1) is 5.01 Å². The molecule has 0 atom stereocenters. The number of aromatic nitrogens is 1. The summed E-state index contributed by atoms with van der Waals surface area (Å²) in [5.74, 6) is 0.834. The van der Waals surface area contributed by atoms with Gasteiger partial charge >= 0.3 is 0 Å². The van der Waals surface area contributed by atoms with Gasteiger partial charge in [-0.1, -0.05) is 12.1 Å². The number of guanidine groups is 1. The van der Waals surface area contributed by atoms with Gasteiger partial charge in [-0.2, -0.15) is 0 Å². The molecule has 146 valence electrons. The van der Waals surface area contributed by atoms with E-state index in [2.05, 4.69) is 27.5 Å². The first kappa shape index (κ1) is 20.9. The maximum Gasteiger partial charge on any atom is 0.253 e. The average Bonchev–Trinajstić information content (AvgIpc) is 3.11. The second kappa shape index (κ2) is 10.7. The Kier molecular flexibility index (Phi) is 8.26. The minimum absolute atomic E-state index is 0.0782. The highest BCUT2D eigenvalue weighted by atomic mass is 32.1. The number of benzene rings is 1. The van der Waals surface area contributed by atoms with Gasteiger partial charge in [-0.05, 0) is 38.5 Å². The summed E-state index contributed by atoms with van der Waals surface area (Å²) < 4.78 is 0. The minimum Gasteiger partial charge on any atom is -0.356 e. The van der Waals surface area contributed by atoms with Gasteiger partial charge in [0.2, 0.25) is 0 Å². The van der Waals surface area contributed by atoms with Gasteiger partial charge in [0, 0.05) is 56.3 Å². The zero-order valence-electron chi connectivity index (χ0n) is 16.6. The molecule has 2 N–H and O–H groups in total. The van der Waals surface area contributed by atoms with E-state index in [1.807, 2.05) is 49.2 Å². The van der Waals surface area contributed by atoms with E-state index < -0.39 is 0 Å². The van der Waals surface area contributed by atoms with E-state index in [9.17, 15) is 4.79 Å². The zero-order chi connectivity index (χ0) is 19.6. The van der Waals surface area contributed by atoms with Crippen LogP contribution < -0.4 is 10.6 Å². The molecule has 0 saturated heterocycles. The number of aliphatic imine (C=N–C) groups is 1. The third-order valence-corrected chi connectivity index (χ3v) is 5.21. The Labute approximate surface area is 165 Å². The smallest absolute Gasteiger partial charge is 0.253 e. The quantitative estimate of drug-likeness (QED) is 0.540. The fourth-order valence-electron chi connectivity index (χ4n) is 2.67. The van der Waals surface area contributed by atoms with Crippen LogP contribution in [0.5, 0.6) is 0 Å². The fourth-order valence-corrected chi connectivity index (χ4v) is 3.46. The lowest BCUT2D eigenvalue weighted by atomic mass is 10.1. The van der Waals surface area contributed by atoms with Gasteiger partial charge in [0.1, 0.15) is 0 Å². The average molecular weight is 388 g/mol. The number of rotatable bonds is 8. The number of nitrogens with zero attached hydrogens (tertiary/aromatic N) is 3. The highest BCUT2D eigenvalue weighted by Crippen LogP contribution is 2.11. The number of thiazole rings is 1. The standard InChI is InChI=1S/C20H29N5OS/c1-5-25(6-2)19(26)17-9-7-16(8-10-17)14-24-20(21-4)22-12-11-18-23-13-15(3)27-18/h7-10,13H,5-6,11-12,14H2,1-4H3,(H2,21,22,24). The molecule has 2 rings (SSSR count). The summed E-state index contributed by atoms with van der Waals surface area (Å²) in [6.07, 6.45) is 2.78. The maximum absolute atomic E-state index is 12.3. The van der Waals surface area contributed by atoms with Crippen molar-refractivity contribution < 1.29 is 4.79 Å². The van der Waals surface area contributed by atoms with Gasteiger partial charge in [0.25, 0.3) is 5.91 Å². The van der Waals surface area contributed by atoms with Crippen molar-refractivity contribution in [2.24, 2.45) is 4.99 Å². The van der Waals surface area contributed by atoms with Crippen LogP contribution in [0.1, 0.15) is 39.7 Å². The molecule has 0 radical (unpaired) electrons. The lowest BCUT2D eigenvalue weighted by Gasteiger charge is -2.18. The maximum atomic E-state index is 12.3. The highest BCUT2D eigenvalue weighted by Gasteiger charge is 2.11. The van der Waals surface area contributed by atoms with E-state index in [1.54, 1.807) is 18.4 Å². The number of hydrogen-bond acceptors (Lipinski definition) is 4. The summed E-state index contributed by atoms with van der Waals surface area (Å²) in [5.41, 5.74) is 1.83. The molecular weight excluding hydrogens is 358 g/mol. The van der Waals surface area contributed by atoms with Crippen molar-refractivity contribution in [1.82, 2.24) is 20.5 Å². The Morgan fingerprint density at radius 2 is 1.89 bits per heavy atom. The van der Waals surface area contributed by atoms with Crippen LogP contribution in [-0.2, 0) is 13.0 Å². The van der Waals surface area contributed by atoms with Crippen molar-refractivity contribution in [3.05, 3.63) is 51.5 Å². The number of carbonyl (C=O) groups is 1. The first-order valence-corrected chi connectivity index (χ1v) is 10.1. The number of nitrogens with one attached hydrogen (secondary N) is 2. The van der Waals surface area contributed by atoms with Crippen molar-refractivity contribution in [3.63, 3.8) is 0 Å². The molecule has 7 heteroatoms. The summed E-state index contributed by atoms with van der Waals surface area (Å²) in [4.78, 5) is 24.0. The molecule has 27 heavy (non-hydrogen) atoms. The van der Waals surface area contributed by atoms with Crippen molar-refractivity contribution in [3.8, 4) is 0 Å². The summed E-state index contributed by atoms with van der Waals surface area (Å²) in [6, 6.07) is 7.74. The monoisotopic (exact) mass is 387 g/mol. The number of carbonyl (C=O) groups excluding carboxylic acids is 1. The van der Waals surface area contributed by atoms with Crippen LogP contribution >= 0.6 is 11.3 Å². The van der Waals surface area contributed by atoms with Crippen LogP contribution in [0.2, 0.25) is 0 Å². The van der Waals surface area contributed by atoms with Crippen LogP contribution in [0, 0.1) is 6.92 Å². The lowest BCUT2D eigenvalue weighted by molar-refractivity contribution is 0.0773. The molecule has 0 bridgehead atoms. The molecule has 1 aromatic carbocycles. The Bertz CT molecular complexity index is 750. The second-order valence-electron chi connectivity index (χ2n) is 6.14. The molecule has 0 saturated carbocycles. The first-order chi connectivity index (χ1) is 13.1. The van der Waals surface area contributed by atoms with E-state index >= 15 is 0 Å². The molecular formula is C20H29N5OS. The van der Waals surface area contributed by atoms with Crippen LogP contribution in [0.15, 0.2) is 35.5 Å². The molecule has 6 nitrogen and oxygen atoms in total. The third kappa shape index (κ3) is 6.36. The first-order valence-electron chi connectivity index (χ1n) is 9.31. The van der Waals surface area contributed by atoms with Gasteiger partial charge in [-0.15, -0.1) is 11.3 Å². The molecule has 1 amide bonds. The van der Waals surface area contributed by atoms with Crippen LogP contribution in [0.3, 0.4) is 0 Å². The summed E-state index contributed by atoms with van der Waals surface area (Å²) >= 11 is 1.72. The van der Waals surface area contributed by atoms with E-state index in [0.29, 0.717) is 6.54 Å². The van der Waals surface area contributed by atoms with Gasteiger partial charge < -0.3 is 15.5 Å². The SMILES string of the molecule is CCN(CC)C(=O)c1ccc(CNC(=NC)NCCc2ncc(C)s2)cc1. The van der Waals surface area contributed by atoms with Crippen molar-refractivity contribution in [2.45, 2.75) is 33.7 Å². The van der Waals surface area contributed by atoms with Gasteiger partial charge in [-0.3, -0.25) is 9.79 Å². The van der Waals surface area contributed by atoms with Crippen LogP contribution in [0.25, 0.3) is 0 Å². The largest absolute Gasteiger partial charge is 0.356 e. The van der Waals surface area contributed by atoms with Gasteiger partial charge in [0.15, 0.2) is 5.96 Å². The second-order valence-corrected chi connectivity index (χ2v) is 7.46. The summed E-state index contributed by atoms with van der Waals surface area (Å²) in [6.45, 7) is 8.93. The Balaban J connectivity index is 1.81. The third-order valence-electron chi connectivity index (χ3n) is 4.24. The predicted octanol–water partition coefficient (Wildman–Crippen LogP) is 2.84. The number of aryl methyl sites for hydroxylation is 1. The normalized spacial score (nSPS) is 11.3. The molecule has 1 aromatic heterocycles. The van der Waals surface area contributed by atoms with E-state index in [4.69, 9.17) is 0 Å². The van der Waals surface area contributed by atoms with Crippen LogP contribution in [-0.4, -0.2) is 48.4 Å². The van der Waals surface area contributed by atoms with Crippen molar-refractivity contribution in [1.29, 1.82) is 0 Å². The Morgan fingerprint density at radius 3 is 2.44 bits per heavy atom. The van der Waals surface area contributed by atoms with Gasteiger partial charge in [-0.25, -0.2) is 4.98 Å². The predicted molar refractivity (Wildman–Crippen MR) is 112 cm³/mol. The number of hydrogen-bond donors (Lipinski definition) is 2. The van der Waals surface area contributed by atoms with E-state index in [-0.39, 0.29) is 5.91 Å². The Hall–Kier alpha value is -2.41. The molecule has 0 fully saturated rings. The van der Waals surface area contributed by atoms with E-state index in [1.165, 1.54) is 4.88 Å². The van der Waals surface area contributed by atoms with E-state index in [0.717, 1.165) is 48.1 Å². The molecule has 0 aliphatic rings. The minimum atomic E-state index is 0.0782. The molecule has 2 aromatic rings. The fraction of sp³-hybridized carbons (Fsp3) is 0.450. The summed E-state index contributed by atoms with van der Waals surface area (Å²) in [7, 11) is 1.76. The number of amides is 1. The van der Waals surface area contributed by atoms with Crippen molar-refractivity contribution >= 4 is 23.2 Å². The zero-order valence-corrected chi connectivity index (χ0v) is 17.4. The topological polar surface area (TPSA) is 69.6 Å². The molecule has 0 aliphatic carbocycles. The molecule has 0 spiro atoms. The van der Waals surface area contributed by atoms with Crippen LogP contribution in [0.4, 0.5) is 0 Å². The highest BCUT2D eigenvalue weighted by molar-refractivity contribution is 7.11. The molecule has 0 aliphatic heterocycles. The Morgan fingerprint density at radius 1 is 1.19 bits per heavy atom. The molecule has 0 unspecified atom stereocenters. The van der Waals surface area contributed by atoms with Crippen molar-refractivity contribution in [2.75, 3.05) is 26.7 Å².